The molecule has 1 N–H and O–H groups in total. The van der Waals surface area contributed by atoms with Gasteiger partial charge in [0.1, 0.15) is 23.1 Å². The molecule has 0 atom stereocenters. The van der Waals surface area contributed by atoms with Gasteiger partial charge in [0, 0.05) is 14.8 Å². The first-order valence-electron chi connectivity index (χ1n) is 6.98. The number of benzene rings is 2. The van der Waals surface area contributed by atoms with Crippen molar-refractivity contribution in [1.82, 2.24) is 0 Å². The van der Waals surface area contributed by atoms with Gasteiger partial charge >= 0.3 is 0 Å². The highest BCUT2D eigenvalue weighted by atomic mass is 127. The predicted octanol–water partition coefficient (Wildman–Crippen LogP) is 3.85. The maximum absolute atomic E-state index is 12.3. The average Bonchev–Trinajstić information content (AvgIpc) is 2.59. The molecule has 0 fully saturated rings. The molecular formula is C18H15IN2O3. The Bertz CT molecular complexity index is 825. The first-order valence-corrected chi connectivity index (χ1v) is 8.06. The predicted molar refractivity (Wildman–Crippen MR) is 101 cm³/mol. The maximum Gasteiger partial charge on any atom is 0.266 e. The summed E-state index contributed by atoms with van der Waals surface area (Å²) >= 11 is 2.15. The number of hydrogen-bond donors (Lipinski definition) is 1. The van der Waals surface area contributed by atoms with Crippen LogP contribution in [0.2, 0.25) is 0 Å². The van der Waals surface area contributed by atoms with Gasteiger partial charge in [-0.25, -0.2) is 0 Å². The molecule has 2 aromatic carbocycles. The highest BCUT2D eigenvalue weighted by Crippen LogP contribution is 2.26. The van der Waals surface area contributed by atoms with Crippen LogP contribution >= 0.6 is 22.6 Å². The summed E-state index contributed by atoms with van der Waals surface area (Å²) in [5, 5.41) is 12.0. The summed E-state index contributed by atoms with van der Waals surface area (Å²) in [6, 6.07) is 14.4. The van der Waals surface area contributed by atoms with Gasteiger partial charge in [-0.2, -0.15) is 5.26 Å². The molecule has 2 aromatic rings. The second kappa shape index (κ2) is 8.36. The minimum Gasteiger partial charge on any atom is -0.497 e. The second-order valence-electron chi connectivity index (χ2n) is 4.74. The first-order chi connectivity index (χ1) is 11.6. The van der Waals surface area contributed by atoms with Crippen LogP contribution in [0, 0.1) is 14.9 Å². The Morgan fingerprint density at radius 2 is 2.00 bits per heavy atom. The van der Waals surface area contributed by atoms with Gasteiger partial charge in [-0.15, -0.1) is 0 Å². The van der Waals surface area contributed by atoms with E-state index in [1.54, 1.807) is 31.4 Å². The van der Waals surface area contributed by atoms with Crippen LogP contribution in [0.5, 0.6) is 11.5 Å². The molecule has 1 amide bonds. The van der Waals surface area contributed by atoms with E-state index in [-0.39, 0.29) is 5.57 Å². The number of amides is 1. The monoisotopic (exact) mass is 434 g/mol. The van der Waals surface area contributed by atoms with Crippen molar-refractivity contribution in [3.63, 3.8) is 0 Å². The Kier molecular flexibility index (Phi) is 6.21. The zero-order valence-corrected chi connectivity index (χ0v) is 15.3. The van der Waals surface area contributed by atoms with E-state index in [2.05, 4.69) is 27.9 Å². The Morgan fingerprint density at radius 3 is 2.62 bits per heavy atom. The van der Waals surface area contributed by atoms with Crippen molar-refractivity contribution >= 4 is 40.3 Å². The fraction of sp³-hybridized carbons (Fsp3) is 0.111. The summed E-state index contributed by atoms with van der Waals surface area (Å²) in [6.45, 7) is 0. The second-order valence-corrected chi connectivity index (χ2v) is 5.99. The zero-order chi connectivity index (χ0) is 17.5. The van der Waals surface area contributed by atoms with E-state index in [9.17, 15) is 10.1 Å². The van der Waals surface area contributed by atoms with Gasteiger partial charge in [-0.1, -0.05) is 6.07 Å². The van der Waals surface area contributed by atoms with Crippen molar-refractivity contribution in [1.29, 1.82) is 5.26 Å². The summed E-state index contributed by atoms with van der Waals surface area (Å²) < 4.78 is 11.4. The number of hydrogen-bond acceptors (Lipinski definition) is 4. The van der Waals surface area contributed by atoms with Gasteiger partial charge in [-0.3, -0.25) is 4.79 Å². The topological polar surface area (TPSA) is 71.3 Å². The summed E-state index contributed by atoms with van der Waals surface area (Å²) in [6.07, 6.45) is 1.48. The van der Waals surface area contributed by atoms with Crippen LogP contribution in [-0.4, -0.2) is 20.1 Å². The number of carbonyl (C=O) groups is 1. The number of nitrogens with zero attached hydrogens (tertiary/aromatic N) is 1. The Labute approximate surface area is 154 Å². The molecule has 0 aliphatic rings. The van der Waals surface area contributed by atoms with Gasteiger partial charge in [0.25, 0.3) is 5.91 Å². The number of methoxy groups -OCH3 is 2. The Morgan fingerprint density at radius 1 is 1.21 bits per heavy atom. The van der Waals surface area contributed by atoms with Crippen LogP contribution < -0.4 is 14.8 Å². The fourth-order valence-electron chi connectivity index (χ4n) is 2.02. The largest absolute Gasteiger partial charge is 0.497 e. The normalized spacial score (nSPS) is 10.7. The molecule has 0 unspecified atom stereocenters. The highest BCUT2D eigenvalue weighted by Gasteiger charge is 2.12. The standard InChI is InChI=1S/C18H15IN2O3/c1-23-16-6-7-17(24-2)12(9-16)8-13(11-20)18(22)21-15-5-3-4-14(19)10-15/h3-10H,1-2H3,(H,21,22)/b13-8+. The fourth-order valence-corrected chi connectivity index (χ4v) is 2.56. The molecule has 5 nitrogen and oxygen atoms in total. The van der Waals surface area contributed by atoms with E-state index in [0.717, 1.165) is 3.57 Å². The van der Waals surface area contributed by atoms with Crippen LogP contribution in [0.1, 0.15) is 5.56 Å². The summed E-state index contributed by atoms with van der Waals surface area (Å²) in [5.74, 6) is 0.673. The lowest BCUT2D eigenvalue weighted by Crippen LogP contribution is -2.13. The van der Waals surface area contributed by atoms with E-state index >= 15 is 0 Å². The first kappa shape index (κ1) is 17.8. The van der Waals surface area contributed by atoms with E-state index in [1.165, 1.54) is 13.2 Å². The van der Waals surface area contributed by atoms with Crippen molar-refractivity contribution in [2.75, 3.05) is 19.5 Å². The third-order valence-electron chi connectivity index (χ3n) is 3.18. The van der Waals surface area contributed by atoms with Gasteiger partial charge in [0.2, 0.25) is 0 Å². The number of carbonyl (C=O) groups excluding carboxylic acids is 1. The Balaban J connectivity index is 2.32. The van der Waals surface area contributed by atoms with Crippen LogP contribution in [0.4, 0.5) is 5.69 Å². The lowest BCUT2D eigenvalue weighted by atomic mass is 10.1. The number of nitriles is 1. The van der Waals surface area contributed by atoms with Gasteiger partial charge < -0.3 is 14.8 Å². The maximum atomic E-state index is 12.3. The molecule has 6 heteroatoms. The molecule has 0 saturated heterocycles. The van der Waals surface area contributed by atoms with Crippen molar-refractivity contribution in [2.45, 2.75) is 0 Å². The third kappa shape index (κ3) is 4.49. The molecule has 2 rings (SSSR count). The van der Waals surface area contributed by atoms with Gasteiger partial charge in [0.15, 0.2) is 0 Å². The summed E-state index contributed by atoms with van der Waals surface area (Å²) in [5.41, 5.74) is 1.19. The van der Waals surface area contributed by atoms with E-state index in [1.807, 2.05) is 24.3 Å². The summed E-state index contributed by atoms with van der Waals surface area (Å²) in [4.78, 5) is 12.3. The smallest absolute Gasteiger partial charge is 0.266 e. The molecular weight excluding hydrogens is 419 g/mol. The molecule has 24 heavy (non-hydrogen) atoms. The van der Waals surface area contributed by atoms with E-state index in [0.29, 0.717) is 22.7 Å². The molecule has 0 aromatic heterocycles. The van der Waals surface area contributed by atoms with Crippen LogP contribution in [0.25, 0.3) is 6.08 Å². The van der Waals surface area contributed by atoms with Crippen LogP contribution in [-0.2, 0) is 4.79 Å². The number of anilines is 1. The molecule has 122 valence electrons. The van der Waals surface area contributed by atoms with Gasteiger partial charge in [-0.05, 0) is 65.1 Å². The minimum absolute atomic E-state index is 0.0274. The zero-order valence-electron chi connectivity index (χ0n) is 13.2. The van der Waals surface area contributed by atoms with Crippen molar-refractivity contribution in [3.05, 3.63) is 57.2 Å². The highest BCUT2D eigenvalue weighted by molar-refractivity contribution is 14.1. The molecule has 0 saturated carbocycles. The molecule has 0 heterocycles. The van der Waals surface area contributed by atoms with Crippen LogP contribution in [0.3, 0.4) is 0 Å². The summed E-state index contributed by atoms with van der Waals surface area (Å²) in [7, 11) is 3.07. The van der Waals surface area contributed by atoms with E-state index < -0.39 is 5.91 Å². The minimum atomic E-state index is -0.482. The van der Waals surface area contributed by atoms with Crippen molar-refractivity contribution in [3.8, 4) is 17.6 Å². The lowest BCUT2D eigenvalue weighted by molar-refractivity contribution is -0.112. The molecule has 0 radical (unpaired) electrons. The Hall–Kier alpha value is -2.53. The van der Waals surface area contributed by atoms with E-state index in [4.69, 9.17) is 9.47 Å². The number of rotatable bonds is 5. The molecule has 0 aliphatic heterocycles. The van der Waals surface area contributed by atoms with Crippen molar-refractivity contribution < 1.29 is 14.3 Å². The van der Waals surface area contributed by atoms with Crippen molar-refractivity contribution in [2.24, 2.45) is 0 Å². The molecule has 0 aliphatic carbocycles. The SMILES string of the molecule is COc1ccc(OC)c(/C=C(\C#N)C(=O)Nc2cccc(I)c2)c1. The quantitative estimate of drug-likeness (QED) is 0.441. The van der Waals surface area contributed by atoms with Crippen LogP contribution in [0.15, 0.2) is 48.0 Å². The number of halogens is 1. The third-order valence-corrected chi connectivity index (χ3v) is 3.86. The number of nitrogens with one attached hydrogen (secondary N) is 1. The molecule has 0 bridgehead atoms. The molecule has 0 spiro atoms. The number of ether oxygens (including phenoxy) is 2. The lowest BCUT2D eigenvalue weighted by Gasteiger charge is -2.08. The average molecular weight is 434 g/mol. The van der Waals surface area contributed by atoms with Gasteiger partial charge in [0.05, 0.1) is 14.2 Å².